The summed E-state index contributed by atoms with van der Waals surface area (Å²) in [5, 5.41) is 7.96. The monoisotopic (exact) mass is 271 g/mol. The van der Waals surface area contributed by atoms with Crippen molar-refractivity contribution in [3.8, 4) is 0 Å². The van der Waals surface area contributed by atoms with E-state index in [0.29, 0.717) is 6.04 Å². The molecule has 1 N–H and O–H groups in total. The molecule has 106 valence electrons. The number of nitrogens with one attached hydrogen (secondary N) is 1. The van der Waals surface area contributed by atoms with Crippen molar-refractivity contribution in [3.05, 3.63) is 53.9 Å². The maximum atomic E-state index is 5.47. The van der Waals surface area contributed by atoms with Gasteiger partial charge in [0, 0.05) is 31.0 Å². The number of ether oxygens (including phenoxy) is 1. The van der Waals surface area contributed by atoms with Gasteiger partial charge in [0.25, 0.3) is 0 Å². The van der Waals surface area contributed by atoms with E-state index in [0.717, 1.165) is 32.7 Å². The molecule has 20 heavy (non-hydrogen) atoms. The highest BCUT2D eigenvalue weighted by atomic mass is 16.5. The van der Waals surface area contributed by atoms with Crippen LogP contribution < -0.4 is 5.32 Å². The predicted octanol–water partition coefficient (Wildman–Crippen LogP) is 2.20. The molecule has 2 aromatic rings. The molecule has 1 aliphatic heterocycles. The van der Waals surface area contributed by atoms with E-state index in [2.05, 4.69) is 40.9 Å². The Balaban J connectivity index is 1.51. The number of benzene rings is 1. The summed E-state index contributed by atoms with van der Waals surface area (Å²) in [6.45, 7) is 3.43. The molecule has 4 nitrogen and oxygen atoms in total. The van der Waals surface area contributed by atoms with Crippen molar-refractivity contribution in [1.82, 2.24) is 15.1 Å². The van der Waals surface area contributed by atoms with E-state index in [9.17, 15) is 0 Å². The summed E-state index contributed by atoms with van der Waals surface area (Å²) in [7, 11) is 0. The third-order valence-electron chi connectivity index (χ3n) is 3.63. The summed E-state index contributed by atoms with van der Waals surface area (Å²) < 4.78 is 7.46. The second-order valence-corrected chi connectivity index (χ2v) is 5.33. The Morgan fingerprint density at radius 1 is 1.25 bits per heavy atom. The smallest absolute Gasteiger partial charge is 0.0659 e. The van der Waals surface area contributed by atoms with Crippen LogP contribution in [0.2, 0.25) is 0 Å². The molecular weight excluding hydrogens is 250 g/mol. The van der Waals surface area contributed by atoms with Crippen molar-refractivity contribution in [2.24, 2.45) is 0 Å². The first-order valence-corrected chi connectivity index (χ1v) is 7.26. The molecule has 1 aliphatic rings. The predicted molar refractivity (Wildman–Crippen MR) is 78.5 cm³/mol. The Kier molecular flexibility index (Phi) is 4.46. The highest BCUT2D eigenvalue weighted by molar-refractivity contribution is 5.15. The molecule has 1 unspecified atom stereocenters. The minimum Gasteiger partial charge on any atom is -0.380 e. The van der Waals surface area contributed by atoms with Crippen LogP contribution in [0.4, 0.5) is 0 Å². The molecule has 0 aliphatic carbocycles. The van der Waals surface area contributed by atoms with Crippen molar-refractivity contribution < 1.29 is 4.74 Å². The molecule has 1 atom stereocenters. The van der Waals surface area contributed by atoms with Crippen LogP contribution in [0.5, 0.6) is 0 Å². The second-order valence-electron chi connectivity index (χ2n) is 5.33. The molecule has 0 saturated carbocycles. The molecule has 1 aromatic carbocycles. The fraction of sp³-hybridized carbons (Fsp3) is 0.438. The zero-order valence-electron chi connectivity index (χ0n) is 11.7. The molecule has 0 radical (unpaired) electrons. The lowest BCUT2D eigenvalue weighted by Crippen LogP contribution is -2.36. The van der Waals surface area contributed by atoms with Crippen LogP contribution in [0.3, 0.4) is 0 Å². The van der Waals surface area contributed by atoms with Gasteiger partial charge < -0.3 is 10.1 Å². The lowest BCUT2D eigenvalue weighted by atomic mass is 10.1. The molecule has 1 aromatic heterocycles. The van der Waals surface area contributed by atoms with Gasteiger partial charge in [0.2, 0.25) is 0 Å². The van der Waals surface area contributed by atoms with E-state index < -0.39 is 0 Å². The minimum atomic E-state index is 0.487. The lowest BCUT2D eigenvalue weighted by molar-refractivity contribution is 0.0699. The standard InChI is InChI=1S/C16H21N3O/c1-2-5-14(6-3-1)11-19-12-15(10-18-19)9-17-16-7-4-8-20-13-16/h1-3,5-6,10,12,16-17H,4,7-9,11,13H2. The Bertz CT molecular complexity index is 518. The third-order valence-corrected chi connectivity index (χ3v) is 3.63. The molecule has 4 heteroatoms. The molecule has 0 spiro atoms. The van der Waals surface area contributed by atoms with Crippen LogP contribution in [-0.2, 0) is 17.8 Å². The van der Waals surface area contributed by atoms with Crippen LogP contribution in [0.1, 0.15) is 24.0 Å². The van der Waals surface area contributed by atoms with Crippen LogP contribution in [0.25, 0.3) is 0 Å². The van der Waals surface area contributed by atoms with E-state index in [1.54, 1.807) is 0 Å². The summed E-state index contributed by atoms with van der Waals surface area (Å²) in [6, 6.07) is 10.9. The Hall–Kier alpha value is -1.65. The van der Waals surface area contributed by atoms with Crippen LogP contribution in [0.15, 0.2) is 42.7 Å². The van der Waals surface area contributed by atoms with Gasteiger partial charge in [-0.05, 0) is 18.4 Å². The maximum absolute atomic E-state index is 5.47. The van der Waals surface area contributed by atoms with Gasteiger partial charge in [-0.3, -0.25) is 4.68 Å². The van der Waals surface area contributed by atoms with Gasteiger partial charge in [-0.1, -0.05) is 30.3 Å². The average molecular weight is 271 g/mol. The third kappa shape index (κ3) is 3.68. The van der Waals surface area contributed by atoms with Gasteiger partial charge in [0.1, 0.15) is 0 Å². The quantitative estimate of drug-likeness (QED) is 0.906. The van der Waals surface area contributed by atoms with E-state index in [1.807, 2.05) is 16.9 Å². The Morgan fingerprint density at radius 3 is 2.95 bits per heavy atom. The van der Waals surface area contributed by atoms with Crippen LogP contribution >= 0.6 is 0 Å². The second kappa shape index (κ2) is 6.68. The topological polar surface area (TPSA) is 39.1 Å². The first-order chi connectivity index (χ1) is 9.90. The summed E-state index contributed by atoms with van der Waals surface area (Å²) >= 11 is 0. The summed E-state index contributed by atoms with van der Waals surface area (Å²) in [4.78, 5) is 0. The molecule has 0 amide bonds. The first-order valence-electron chi connectivity index (χ1n) is 7.26. The number of rotatable bonds is 5. The Morgan fingerprint density at radius 2 is 2.15 bits per heavy atom. The highest BCUT2D eigenvalue weighted by Crippen LogP contribution is 2.08. The van der Waals surface area contributed by atoms with Crippen LogP contribution in [-0.4, -0.2) is 29.0 Å². The zero-order chi connectivity index (χ0) is 13.6. The van der Waals surface area contributed by atoms with Crippen molar-refractivity contribution in [1.29, 1.82) is 0 Å². The van der Waals surface area contributed by atoms with Crippen molar-refractivity contribution in [2.75, 3.05) is 13.2 Å². The first kappa shape index (κ1) is 13.3. The van der Waals surface area contributed by atoms with E-state index >= 15 is 0 Å². The zero-order valence-corrected chi connectivity index (χ0v) is 11.7. The molecule has 2 heterocycles. The molecule has 1 saturated heterocycles. The fourth-order valence-corrected chi connectivity index (χ4v) is 2.52. The summed E-state index contributed by atoms with van der Waals surface area (Å²) in [6.07, 6.45) is 6.42. The highest BCUT2D eigenvalue weighted by Gasteiger charge is 2.13. The normalized spacial score (nSPS) is 19.1. The van der Waals surface area contributed by atoms with Gasteiger partial charge in [-0.25, -0.2) is 0 Å². The van der Waals surface area contributed by atoms with Gasteiger partial charge in [-0.2, -0.15) is 5.10 Å². The number of hydrogen-bond donors (Lipinski definition) is 1. The van der Waals surface area contributed by atoms with Crippen molar-refractivity contribution in [3.63, 3.8) is 0 Å². The van der Waals surface area contributed by atoms with Gasteiger partial charge in [0.15, 0.2) is 0 Å². The molecule has 0 bridgehead atoms. The van der Waals surface area contributed by atoms with Crippen molar-refractivity contribution >= 4 is 0 Å². The lowest BCUT2D eigenvalue weighted by Gasteiger charge is -2.22. The number of aromatic nitrogens is 2. The maximum Gasteiger partial charge on any atom is 0.0659 e. The summed E-state index contributed by atoms with van der Waals surface area (Å²) in [5.74, 6) is 0. The Labute approximate surface area is 119 Å². The van der Waals surface area contributed by atoms with Crippen molar-refractivity contribution in [2.45, 2.75) is 32.0 Å². The van der Waals surface area contributed by atoms with Gasteiger partial charge >= 0.3 is 0 Å². The average Bonchev–Trinajstić information content (AvgIpc) is 2.95. The van der Waals surface area contributed by atoms with Gasteiger partial charge in [0.05, 0.1) is 19.3 Å². The molecular formula is C16H21N3O. The molecule has 3 rings (SSSR count). The largest absolute Gasteiger partial charge is 0.380 e. The van der Waals surface area contributed by atoms with E-state index in [-0.39, 0.29) is 0 Å². The number of hydrogen-bond acceptors (Lipinski definition) is 3. The van der Waals surface area contributed by atoms with E-state index in [4.69, 9.17) is 4.74 Å². The summed E-state index contributed by atoms with van der Waals surface area (Å²) in [5.41, 5.74) is 2.50. The van der Waals surface area contributed by atoms with Gasteiger partial charge in [-0.15, -0.1) is 0 Å². The van der Waals surface area contributed by atoms with E-state index in [1.165, 1.54) is 17.5 Å². The number of nitrogens with zero attached hydrogens (tertiary/aromatic N) is 2. The molecule has 1 fully saturated rings. The van der Waals surface area contributed by atoms with Crippen LogP contribution in [0, 0.1) is 0 Å². The minimum absolute atomic E-state index is 0.487. The fourth-order valence-electron chi connectivity index (χ4n) is 2.52. The SMILES string of the molecule is c1ccc(Cn2cc(CNC3CCCOC3)cn2)cc1.